The van der Waals surface area contributed by atoms with Gasteiger partial charge in [-0.1, -0.05) is 0 Å². The third-order valence-corrected chi connectivity index (χ3v) is 4.37. The molecule has 1 aromatic carbocycles. The lowest BCUT2D eigenvalue weighted by atomic mass is 9.90. The Balaban J connectivity index is 2.05. The van der Waals surface area contributed by atoms with Gasteiger partial charge in [-0.15, -0.1) is 0 Å². The predicted molar refractivity (Wildman–Crippen MR) is 80.1 cm³/mol. The van der Waals surface area contributed by atoms with E-state index in [1.165, 1.54) is 25.3 Å². The molecule has 2 rings (SSSR count). The summed E-state index contributed by atoms with van der Waals surface area (Å²) in [6.07, 6.45) is 4.13. The topological polar surface area (TPSA) is 41.6 Å². The fourth-order valence-corrected chi connectivity index (χ4v) is 2.91. The predicted octanol–water partition coefficient (Wildman–Crippen LogP) is 2.44. The van der Waals surface area contributed by atoms with Crippen LogP contribution in [-0.4, -0.2) is 44.1 Å². The molecule has 0 saturated heterocycles. The first-order valence-electron chi connectivity index (χ1n) is 7.34. The highest BCUT2D eigenvalue weighted by Crippen LogP contribution is 2.25. The second kappa shape index (κ2) is 6.89. The highest BCUT2D eigenvalue weighted by atomic mass is 19.1. The summed E-state index contributed by atoms with van der Waals surface area (Å²) in [6, 6.07) is 5.05. The molecule has 116 valence electrons. The summed E-state index contributed by atoms with van der Waals surface area (Å²) in [7, 11) is 5.20. The van der Waals surface area contributed by atoms with Crippen LogP contribution in [0.1, 0.15) is 36.0 Å². The van der Waals surface area contributed by atoms with E-state index in [0.717, 1.165) is 25.7 Å². The molecule has 1 aromatic rings. The number of amides is 1. The van der Waals surface area contributed by atoms with Crippen molar-refractivity contribution in [2.24, 2.45) is 0 Å². The van der Waals surface area contributed by atoms with Gasteiger partial charge in [0.25, 0.3) is 5.91 Å². The Kier molecular flexibility index (Phi) is 5.17. The smallest absolute Gasteiger partial charge is 0.253 e. The first kappa shape index (κ1) is 15.8. The number of hydrogen-bond acceptors (Lipinski definition) is 3. The third kappa shape index (κ3) is 3.53. The molecule has 1 aliphatic carbocycles. The molecule has 21 heavy (non-hydrogen) atoms. The quantitative estimate of drug-likeness (QED) is 0.927. The van der Waals surface area contributed by atoms with Crippen molar-refractivity contribution in [1.82, 2.24) is 10.2 Å². The largest absolute Gasteiger partial charge is 0.494 e. The SMILES string of the molecule is CNC1CCC(N(C)C(=O)c2ccc(F)c(OC)c2)CC1. The molecule has 1 saturated carbocycles. The monoisotopic (exact) mass is 294 g/mol. The molecule has 0 unspecified atom stereocenters. The second-order valence-corrected chi connectivity index (χ2v) is 5.56. The van der Waals surface area contributed by atoms with Crippen LogP contribution in [0.2, 0.25) is 0 Å². The van der Waals surface area contributed by atoms with E-state index in [0.29, 0.717) is 11.6 Å². The van der Waals surface area contributed by atoms with E-state index in [1.807, 2.05) is 14.1 Å². The van der Waals surface area contributed by atoms with Crippen LogP contribution < -0.4 is 10.1 Å². The van der Waals surface area contributed by atoms with Gasteiger partial charge in [-0.2, -0.15) is 0 Å². The Morgan fingerprint density at radius 3 is 2.57 bits per heavy atom. The van der Waals surface area contributed by atoms with Gasteiger partial charge in [0.15, 0.2) is 11.6 Å². The van der Waals surface area contributed by atoms with E-state index in [1.54, 1.807) is 4.90 Å². The molecule has 1 N–H and O–H groups in total. The number of carbonyl (C=O) groups excluding carboxylic acids is 1. The van der Waals surface area contributed by atoms with Gasteiger partial charge in [0.05, 0.1) is 7.11 Å². The summed E-state index contributed by atoms with van der Waals surface area (Å²) in [5.74, 6) is -0.430. The average molecular weight is 294 g/mol. The summed E-state index contributed by atoms with van der Waals surface area (Å²) >= 11 is 0. The van der Waals surface area contributed by atoms with E-state index < -0.39 is 5.82 Å². The molecular formula is C16H23FN2O2. The van der Waals surface area contributed by atoms with E-state index >= 15 is 0 Å². The van der Waals surface area contributed by atoms with Crippen molar-refractivity contribution >= 4 is 5.91 Å². The van der Waals surface area contributed by atoms with Crippen molar-refractivity contribution in [1.29, 1.82) is 0 Å². The number of halogens is 1. The van der Waals surface area contributed by atoms with Crippen LogP contribution in [0.15, 0.2) is 18.2 Å². The Hall–Kier alpha value is -1.62. The number of methoxy groups -OCH3 is 1. The lowest BCUT2D eigenvalue weighted by molar-refractivity contribution is 0.0685. The third-order valence-electron chi connectivity index (χ3n) is 4.37. The van der Waals surface area contributed by atoms with Crippen molar-refractivity contribution in [3.8, 4) is 5.75 Å². The van der Waals surface area contributed by atoms with Crippen molar-refractivity contribution in [2.75, 3.05) is 21.2 Å². The van der Waals surface area contributed by atoms with Crippen LogP contribution in [-0.2, 0) is 0 Å². The van der Waals surface area contributed by atoms with Gasteiger partial charge in [0.1, 0.15) is 0 Å². The molecule has 0 heterocycles. The number of rotatable bonds is 4. The van der Waals surface area contributed by atoms with Crippen molar-refractivity contribution in [2.45, 2.75) is 37.8 Å². The van der Waals surface area contributed by atoms with Gasteiger partial charge < -0.3 is 15.0 Å². The highest BCUT2D eigenvalue weighted by molar-refractivity contribution is 5.94. The minimum absolute atomic E-state index is 0.0822. The van der Waals surface area contributed by atoms with Crippen LogP contribution in [0, 0.1) is 5.82 Å². The Labute approximate surface area is 125 Å². The maximum Gasteiger partial charge on any atom is 0.253 e. The molecule has 1 fully saturated rings. The Bertz CT molecular complexity index is 499. The fourth-order valence-electron chi connectivity index (χ4n) is 2.91. The standard InChI is InChI=1S/C16H23FN2O2/c1-18-12-5-7-13(8-6-12)19(2)16(20)11-4-9-14(17)15(10-11)21-3/h4,9-10,12-13,18H,5-8H2,1-3H3. The van der Waals surface area contributed by atoms with Crippen molar-refractivity contribution in [3.63, 3.8) is 0 Å². The molecule has 5 heteroatoms. The molecular weight excluding hydrogens is 271 g/mol. The average Bonchev–Trinajstić information content (AvgIpc) is 2.54. The lowest BCUT2D eigenvalue weighted by Gasteiger charge is -2.34. The number of hydrogen-bond donors (Lipinski definition) is 1. The fraction of sp³-hybridized carbons (Fsp3) is 0.562. The number of ether oxygens (including phenoxy) is 1. The van der Waals surface area contributed by atoms with Gasteiger partial charge >= 0.3 is 0 Å². The van der Waals surface area contributed by atoms with Crippen LogP contribution in [0.25, 0.3) is 0 Å². The maximum absolute atomic E-state index is 13.4. The van der Waals surface area contributed by atoms with E-state index in [4.69, 9.17) is 4.74 Å². The van der Waals surface area contributed by atoms with Crippen molar-refractivity contribution < 1.29 is 13.9 Å². The molecule has 0 bridgehead atoms. The second-order valence-electron chi connectivity index (χ2n) is 5.56. The number of benzene rings is 1. The van der Waals surface area contributed by atoms with Gasteiger partial charge in [-0.3, -0.25) is 4.79 Å². The first-order chi connectivity index (χ1) is 10.1. The molecule has 0 radical (unpaired) electrons. The van der Waals surface area contributed by atoms with Gasteiger partial charge in [0.2, 0.25) is 0 Å². The molecule has 0 spiro atoms. The van der Waals surface area contributed by atoms with Gasteiger partial charge in [-0.25, -0.2) is 4.39 Å². The zero-order valence-electron chi connectivity index (χ0n) is 12.9. The summed E-state index contributed by atoms with van der Waals surface area (Å²) in [6.45, 7) is 0. The minimum Gasteiger partial charge on any atom is -0.494 e. The summed E-state index contributed by atoms with van der Waals surface area (Å²) in [4.78, 5) is 14.3. The number of nitrogens with one attached hydrogen (secondary N) is 1. The Morgan fingerprint density at radius 2 is 2.00 bits per heavy atom. The normalized spacial score (nSPS) is 21.9. The van der Waals surface area contributed by atoms with Gasteiger partial charge in [0, 0.05) is 24.7 Å². The molecule has 0 aromatic heterocycles. The lowest BCUT2D eigenvalue weighted by Crippen LogP contribution is -2.42. The van der Waals surface area contributed by atoms with E-state index in [-0.39, 0.29) is 17.7 Å². The summed E-state index contributed by atoms with van der Waals surface area (Å²) in [5, 5.41) is 3.28. The van der Waals surface area contributed by atoms with E-state index in [2.05, 4.69) is 5.32 Å². The van der Waals surface area contributed by atoms with Crippen LogP contribution >= 0.6 is 0 Å². The molecule has 1 amide bonds. The van der Waals surface area contributed by atoms with Crippen LogP contribution in [0.4, 0.5) is 4.39 Å². The van der Waals surface area contributed by atoms with Crippen LogP contribution in [0.5, 0.6) is 5.75 Å². The molecule has 4 nitrogen and oxygen atoms in total. The highest BCUT2D eigenvalue weighted by Gasteiger charge is 2.26. The zero-order valence-corrected chi connectivity index (χ0v) is 12.9. The number of nitrogens with zero attached hydrogens (tertiary/aromatic N) is 1. The van der Waals surface area contributed by atoms with Crippen molar-refractivity contribution in [3.05, 3.63) is 29.6 Å². The zero-order chi connectivity index (χ0) is 15.4. The number of carbonyl (C=O) groups is 1. The van der Waals surface area contributed by atoms with E-state index in [9.17, 15) is 9.18 Å². The maximum atomic E-state index is 13.4. The molecule has 0 aliphatic heterocycles. The Morgan fingerprint density at radius 1 is 1.33 bits per heavy atom. The van der Waals surface area contributed by atoms with Crippen LogP contribution in [0.3, 0.4) is 0 Å². The molecule has 0 atom stereocenters. The summed E-state index contributed by atoms with van der Waals surface area (Å²) < 4.78 is 18.3. The van der Waals surface area contributed by atoms with Gasteiger partial charge in [-0.05, 0) is 50.9 Å². The summed E-state index contributed by atoms with van der Waals surface area (Å²) in [5.41, 5.74) is 0.464. The first-order valence-corrected chi connectivity index (χ1v) is 7.34. The minimum atomic E-state index is -0.453. The molecule has 1 aliphatic rings.